The Bertz CT molecular complexity index is 484. The van der Waals surface area contributed by atoms with Gasteiger partial charge in [-0.2, -0.15) is 0 Å². The Morgan fingerprint density at radius 3 is 2.62 bits per heavy atom. The summed E-state index contributed by atoms with van der Waals surface area (Å²) in [6.07, 6.45) is 1.14. The summed E-state index contributed by atoms with van der Waals surface area (Å²) < 4.78 is 6.48. The molecule has 1 heterocycles. The molecular formula is C17H27BrN2O. The number of ether oxygens (including phenoxy) is 1. The second kappa shape index (κ2) is 6.57. The number of rotatable bonds is 3. The minimum atomic E-state index is 0.257. The van der Waals surface area contributed by atoms with E-state index in [4.69, 9.17) is 4.74 Å². The molecule has 1 aliphatic heterocycles. The highest BCUT2D eigenvalue weighted by atomic mass is 79.9. The van der Waals surface area contributed by atoms with E-state index >= 15 is 0 Å². The number of piperazine rings is 1. The molecule has 1 saturated heterocycles. The predicted molar refractivity (Wildman–Crippen MR) is 93.4 cm³/mol. The lowest BCUT2D eigenvalue weighted by Gasteiger charge is -2.46. The van der Waals surface area contributed by atoms with Crippen LogP contribution in [0, 0.1) is 5.41 Å². The van der Waals surface area contributed by atoms with Gasteiger partial charge in [0.1, 0.15) is 5.75 Å². The lowest BCUT2D eigenvalue weighted by atomic mass is 9.84. The summed E-state index contributed by atoms with van der Waals surface area (Å²) in [6, 6.07) is 7.36. The van der Waals surface area contributed by atoms with Crippen molar-refractivity contribution < 1.29 is 4.74 Å². The van der Waals surface area contributed by atoms with Crippen LogP contribution in [0.15, 0.2) is 22.7 Å². The van der Waals surface area contributed by atoms with Gasteiger partial charge in [-0.3, -0.25) is 0 Å². The summed E-state index contributed by atoms with van der Waals surface area (Å²) in [5.41, 5.74) is 1.50. The van der Waals surface area contributed by atoms with Crippen molar-refractivity contribution in [1.82, 2.24) is 5.32 Å². The van der Waals surface area contributed by atoms with Crippen LogP contribution < -0.4 is 15.0 Å². The Balaban J connectivity index is 2.31. The van der Waals surface area contributed by atoms with E-state index < -0.39 is 0 Å². The molecule has 1 aromatic rings. The second-order valence-corrected chi connectivity index (χ2v) is 7.81. The zero-order valence-corrected chi connectivity index (χ0v) is 15.3. The number of benzene rings is 1. The summed E-state index contributed by atoms with van der Waals surface area (Å²) in [7, 11) is 1.72. The SMILES string of the molecule is CCC1CNC(C(C)(C)C)CN1c1cc(Br)cc(OC)c1. The zero-order valence-electron chi connectivity index (χ0n) is 13.7. The maximum absolute atomic E-state index is 5.42. The lowest BCUT2D eigenvalue weighted by molar-refractivity contribution is 0.233. The molecule has 2 atom stereocenters. The standard InChI is InChI=1S/C17H27BrN2O/c1-6-13-10-19-16(17(2,3)4)11-20(13)14-7-12(18)8-15(9-14)21-5/h7-9,13,16,19H,6,10-11H2,1-5H3. The minimum Gasteiger partial charge on any atom is -0.497 e. The molecule has 1 N–H and O–H groups in total. The molecule has 0 radical (unpaired) electrons. The van der Waals surface area contributed by atoms with Gasteiger partial charge in [0.15, 0.2) is 0 Å². The number of nitrogens with zero attached hydrogens (tertiary/aromatic N) is 1. The Morgan fingerprint density at radius 1 is 1.33 bits per heavy atom. The zero-order chi connectivity index (χ0) is 15.6. The van der Waals surface area contributed by atoms with Gasteiger partial charge in [0.05, 0.1) is 7.11 Å². The van der Waals surface area contributed by atoms with Crippen molar-refractivity contribution in [3.8, 4) is 5.75 Å². The third kappa shape index (κ3) is 3.92. The lowest BCUT2D eigenvalue weighted by Crippen LogP contribution is -2.60. The summed E-state index contributed by atoms with van der Waals surface area (Å²) in [5, 5.41) is 3.72. The van der Waals surface area contributed by atoms with E-state index in [0.717, 1.165) is 29.7 Å². The van der Waals surface area contributed by atoms with Crippen LogP contribution in [0.3, 0.4) is 0 Å². The van der Waals surface area contributed by atoms with Gasteiger partial charge in [-0.25, -0.2) is 0 Å². The number of anilines is 1. The van der Waals surface area contributed by atoms with E-state index in [0.29, 0.717) is 12.1 Å². The fourth-order valence-corrected chi connectivity index (χ4v) is 3.35. The molecule has 0 bridgehead atoms. The van der Waals surface area contributed by atoms with E-state index in [-0.39, 0.29) is 5.41 Å². The van der Waals surface area contributed by atoms with Gasteiger partial charge in [-0.1, -0.05) is 43.6 Å². The van der Waals surface area contributed by atoms with Gasteiger partial charge in [0.25, 0.3) is 0 Å². The molecule has 0 aromatic heterocycles. The first-order valence-electron chi connectivity index (χ1n) is 7.69. The number of halogens is 1. The van der Waals surface area contributed by atoms with Crippen molar-refractivity contribution in [2.75, 3.05) is 25.1 Å². The third-order valence-electron chi connectivity index (χ3n) is 4.36. The van der Waals surface area contributed by atoms with Crippen molar-refractivity contribution in [3.63, 3.8) is 0 Å². The number of nitrogens with one attached hydrogen (secondary N) is 1. The summed E-state index contributed by atoms with van der Waals surface area (Å²) in [6.45, 7) is 11.2. The molecule has 118 valence electrons. The molecule has 0 spiro atoms. The minimum absolute atomic E-state index is 0.257. The predicted octanol–water partition coefficient (Wildman–Crippen LogP) is 4.06. The highest BCUT2D eigenvalue weighted by Crippen LogP contribution is 2.32. The summed E-state index contributed by atoms with van der Waals surface area (Å²) >= 11 is 3.59. The Morgan fingerprint density at radius 2 is 2.05 bits per heavy atom. The highest BCUT2D eigenvalue weighted by Gasteiger charge is 2.33. The first kappa shape index (κ1) is 16.6. The van der Waals surface area contributed by atoms with E-state index in [9.17, 15) is 0 Å². The number of hydrogen-bond donors (Lipinski definition) is 1. The fourth-order valence-electron chi connectivity index (χ4n) is 2.89. The van der Waals surface area contributed by atoms with Gasteiger partial charge >= 0.3 is 0 Å². The number of hydrogen-bond acceptors (Lipinski definition) is 3. The molecule has 1 aromatic carbocycles. The van der Waals surface area contributed by atoms with Gasteiger partial charge in [0, 0.05) is 41.4 Å². The molecule has 1 fully saturated rings. The van der Waals surface area contributed by atoms with Crippen LogP contribution in [0.2, 0.25) is 0 Å². The van der Waals surface area contributed by atoms with Crippen molar-refractivity contribution in [2.45, 2.75) is 46.2 Å². The maximum Gasteiger partial charge on any atom is 0.122 e. The fraction of sp³-hybridized carbons (Fsp3) is 0.647. The molecule has 0 aliphatic carbocycles. The van der Waals surface area contributed by atoms with Crippen LogP contribution in [0.5, 0.6) is 5.75 Å². The average Bonchev–Trinajstić information content (AvgIpc) is 2.44. The Hall–Kier alpha value is -0.740. The van der Waals surface area contributed by atoms with Crippen molar-refractivity contribution in [2.24, 2.45) is 5.41 Å². The second-order valence-electron chi connectivity index (χ2n) is 6.89. The monoisotopic (exact) mass is 354 g/mol. The van der Waals surface area contributed by atoms with Crippen molar-refractivity contribution in [3.05, 3.63) is 22.7 Å². The quantitative estimate of drug-likeness (QED) is 0.885. The molecule has 2 rings (SSSR count). The first-order valence-corrected chi connectivity index (χ1v) is 8.49. The van der Waals surface area contributed by atoms with E-state index in [1.54, 1.807) is 7.11 Å². The van der Waals surface area contributed by atoms with Crippen LogP contribution in [-0.2, 0) is 0 Å². The van der Waals surface area contributed by atoms with Crippen molar-refractivity contribution in [1.29, 1.82) is 0 Å². The van der Waals surface area contributed by atoms with Crippen LogP contribution in [-0.4, -0.2) is 32.3 Å². The van der Waals surface area contributed by atoms with Crippen LogP contribution >= 0.6 is 15.9 Å². The van der Waals surface area contributed by atoms with Crippen LogP contribution in [0.4, 0.5) is 5.69 Å². The summed E-state index contributed by atoms with van der Waals surface area (Å²) in [5.74, 6) is 0.903. The molecule has 0 amide bonds. The molecule has 2 unspecified atom stereocenters. The molecule has 4 heteroatoms. The third-order valence-corrected chi connectivity index (χ3v) is 4.82. The van der Waals surface area contributed by atoms with E-state index in [1.165, 1.54) is 5.69 Å². The van der Waals surface area contributed by atoms with Gasteiger partial charge < -0.3 is 15.0 Å². The molecule has 1 aliphatic rings. The Labute approximate surface area is 137 Å². The normalized spacial score (nSPS) is 23.2. The van der Waals surface area contributed by atoms with E-state index in [2.05, 4.69) is 66.0 Å². The van der Waals surface area contributed by atoms with Crippen LogP contribution in [0.25, 0.3) is 0 Å². The van der Waals surface area contributed by atoms with Crippen LogP contribution in [0.1, 0.15) is 34.1 Å². The molecule has 3 nitrogen and oxygen atoms in total. The van der Waals surface area contributed by atoms with Gasteiger partial charge in [-0.05, 0) is 24.0 Å². The topological polar surface area (TPSA) is 24.5 Å². The summed E-state index contributed by atoms with van der Waals surface area (Å²) in [4.78, 5) is 2.53. The smallest absolute Gasteiger partial charge is 0.122 e. The molecular weight excluding hydrogens is 328 g/mol. The average molecular weight is 355 g/mol. The van der Waals surface area contributed by atoms with Gasteiger partial charge in [0.2, 0.25) is 0 Å². The van der Waals surface area contributed by atoms with E-state index in [1.807, 2.05) is 6.07 Å². The maximum atomic E-state index is 5.42. The Kier molecular flexibility index (Phi) is 5.20. The first-order chi connectivity index (χ1) is 9.85. The largest absolute Gasteiger partial charge is 0.497 e. The number of methoxy groups -OCH3 is 1. The van der Waals surface area contributed by atoms with Gasteiger partial charge in [-0.15, -0.1) is 0 Å². The molecule has 0 saturated carbocycles. The molecule has 21 heavy (non-hydrogen) atoms. The van der Waals surface area contributed by atoms with Crippen molar-refractivity contribution >= 4 is 21.6 Å². The highest BCUT2D eigenvalue weighted by molar-refractivity contribution is 9.10.